The molecule has 1 aromatic carbocycles. The Morgan fingerprint density at radius 1 is 1.39 bits per heavy atom. The van der Waals surface area contributed by atoms with Gasteiger partial charge in [0.2, 0.25) is 0 Å². The number of aromatic nitrogens is 1. The summed E-state index contributed by atoms with van der Waals surface area (Å²) in [4.78, 5) is 18.8. The van der Waals surface area contributed by atoms with Crippen molar-refractivity contribution in [2.24, 2.45) is 0 Å². The first-order valence-corrected chi connectivity index (χ1v) is 9.60. The van der Waals surface area contributed by atoms with Gasteiger partial charge >= 0.3 is 6.09 Å². The summed E-state index contributed by atoms with van der Waals surface area (Å²) in [5.74, 6) is 0. The number of likely N-dealkylation sites (tertiary alicyclic amines) is 1. The number of thiazole rings is 1. The number of hydrogen-bond acceptors (Lipinski definition) is 5. The second kappa shape index (κ2) is 6.69. The van der Waals surface area contributed by atoms with Crippen molar-refractivity contribution in [1.82, 2.24) is 9.88 Å². The number of thioether (sulfide) groups is 1. The Balaban J connectivity index is 1.63. The molecule has 6 heteroatoms. The van der Waals surface area contributed by atoms with E-state index in [1.165, 1.54) is 4.70 Å². The van der Waals surface area contributed by atoms with Crippen molar-refractivity contribution in [3.05, 3.63) is 24.3 Å². The van der Waals surface area contributed by atoms with Crippen LogP contribution in [-0.2, 0) is 4.74 Å². The van der Waals surface area contributed by atoms with Gasteiger partial charge in [-0.2, -0.15) is 0 Å². The van der Waals surface area contributed by atoms with Gasteiger partial charge in [-0.1, -0.05) is 23.9 Å². The molecule has 1 atom stereocenters. The molecule has 3 rings (SSSR count). The molecule has 2 aromatic rings. The summed E-state index contributed by atoms with van der Waals surface area (Å²) in [5.41, 5.74) is 0.615. The molecule has 1 fully saturated rings. The average molecular weight is 351 g/mol. The van der Waals surface area contributed by atoms with Crippen molar-refractivity contribution in [3.63, 3.8) is 0 Å². The quantitative estimate of drug-likeness (QED) is 0.781. The molecule has 1 amide bonds. The van der Waals surface area contributed by atoms with E-state index in [1.807, 2.05) is 43.9 Å². The molecular weight excluding hydrogens is 328 g/mol. The lowest BCUT2D eigenvalue weighted by Gasteiger charge is -2.33. The first-order valence-electron chi connectivity index (χ1n) is 7.91. The van der Waals surface area contributed by atoms with E-state index >= 15 is 0 Å². The van der Waals surface area contributed by atoms with Gasteiger partial charge in [-0.05, 0) is 45.7 Å². The topological polar surface area (TPSA) is 42.4 Å². The molecule has 0 saturated carbocycles. The highest BCUT2D eigenvalue weighted by Crippen LogP contribution is 2.35. The van der Waals surface area contributed by atoms with Gasteiger partial charge in [0.25, 0.3) is 0 Å². The van der Waals surface area contributed by atoms with Gasteiger partial charge in [0, 0.05) is 18.3 Å². The first kappa shape index (κ1) is 16.6. The third-order valence-electron chi connectivity index (χ3n) is 3.57. The number of nitrogens with zero attached hydrogens (tertiary/aromatic N) is 2. The van der Waals surface area contributed by atoms with Gasteiger partial charge < -0.3 is 9.64 Å². The predicted octanol–water partition coefficient (Wildman–Crippen LogP) is 4.79. The summed E-state index contributed by atoms with van der Waals surface area (Å²) in [7, 11) is 0. The lowest BCUT2D eigenvalue weighted by atomic mass is 10.1. The van der Waals surface area contributed by atoms with Gasteiger partial charge in [-0.15, -0.1) is 11.3 Å². The van der Waals surface area contributed by atoms with Crippen LogP contribution in [0.1, 0.15) is 33.6 Å². The number of benzene rings is 1. The Labute approximate surface area is 145 Å². The summed E-state index contributed by atoms with van der Waals surface area (Å²) in [6, 6.07) is 8.20. The van der Waals surface area contributed by atoms with E-state index in [-0.39, 0.29) is 6.09 Å². The molecule has 1 aromatic heterocycles. The second-order valence-electron chi connectivity index (χ2n) is 6.76. The third kappa shape index (κ3) is 4.38. The van der Waals surface area contributed by atoms with Crippen LogP contribution >= 0.6 is 23.1 Å². The molecule has 0 N–H and O–H groups in total. The monoisotopic (exact) mass is 350 g/mol. The molecule has 0 spiro atoms. The highest BCUT2D eigenvalue weighted by atomic mass is 32.2. The van der Waals surface area contributed by atoms with Crippen molar-refractivity contribution in [2.75, 3.05) is 13.1 Å². The standard InChI is InChI=1S/C17H22N2O2S2/c1-17(2,3)21-16(20)19-10-6-7-12(11-19)22-15-18-13-8-4-5-9-14(13)23-15/h4-5,8-9,12H,6-7,10-11H2,1-3H3/t12-/m0/s1. The van der Waals surface area contributed by atoms with Crippen LogP contribution in [0.25, 0.3) is 10.2 Å². The molecule has 0 unspecified atom stereocenters. The Morgan fingerprint density at radius 3 is 2.91 bits per heavy atom. The number of para-hydroxylation sites is 1. The van der Waals surface area contributed by atoms with E-state index in [4.69, 9.17) is 4.74 Å². The molecule has 0 bridgehead atoms. The van der Waals surface area contributed by atoms with E-state index in [9.17, 15) is 4.79 Å². The van der Waals surface area contributed by atoms with Crippen molar-refractivity contribution >= 4 is 39.4 Å². The van der Waals surface area contributed by atoms with Crippen molar-refractivity contribution in [2.45, 2.75) is 48.8 Å². The largest absolute Gasteiger partial charge is 0.444 e. The van der Waals surface area contributed by atoms with Gasteiger partial charge in [0.05, 0.1) is 10.2 Å². The van der Waals surface area contributed by atoms with E-state index in [2.05, 4.69) is 11.1 Å². The summed E-state index contributed by atoms with van der Waals surface area (Å²) < 4.78 is 7.79. The molecule has 124 valence electrons. The first-order chi connectivity index (χ1) is 10.9. The predicted molar refractivity (Wildman–Crippen MR) is 96.3 cm³/mol. The van der Waals surface area contributed by atoms with Crippen molar-refractivity contribution in [1.29, 1.82) is 0 Å². The highest BCUT2D eigenvalue weighted by Gasteiger charge is 2.28. The van der Waals surface area contributed by atoms with E-state index < -0.39 is 5.60 Å². The summed E-state index contributed by atoms with van der Waals surface area (Å²) >= 11 is 3.52. The normalized spacial score (nSPS) is 19.1. The maximum Gasteiger partial charge on any atom is 0.410 e. The summed E-state index contributed by atoms with van der Waals surface area (Å²) in [6.07, 6.45) is 1.92. The second-order valence-corrected chi connectivity index (χ2v) is 9.33. The third-order valence-corrected chi connectivity index (χ3v) is 5.95. The number of fused-ring (bicyclic) bond motifs is 1. The Hall–Kier alpha value is -1.27. The smallest absolute Gasteiger partial charge is 0.410 e. The van der Waals surface area contributed by atoms with Crippen LogP contribution in [0.15, 0.2) is 28.6 Å². The lowest BCUT2D eigenvalue weighted by molar-refractivity contribution is 0.0220. The zero-order valence-electron chi connectivity index (χ0n) is 13.7. The van der Waals surface area contributed by atoms with E-state index in [0.29, 0.717) is 5.25 Å². The number of amides is 1. The number of piperidine rings is 1. The fourth-order valence-electron chi connectivity index (χ4n) is 2.57. The van der Waals surface area contributed by atoms with Crippen LogP contribution in [0.3, 0.4) is 0 Å². The maximum absolute atomic E-state index is 12.2. The van der Waals surface area contributed by atoms with Gasteiger partial charge in [0.15, 0.2) is 4.34 Å². The molecule has 1 aliphatic heterocycles. The minimum absolute atomic E-state index is 0.202. The Bertz CT molecular complexity index is 660. The number of carbonyl (C=O) groups is 1. The average Bonchev–Trinajstić information content (AvgIpc) is 2.88. The van der Waals surface area contributed by atoms with Crippen LogP contribution in [0.4, 0.5) is 4.79 Å². The SMILES string of the molecule is CC(C)(C)OC(=O)N1CCC[C@H](Sc2nc3ccccc3s2)C1. The summed E-state index contributed by atoms with van der Waals surface area (Å²) in [6.45, 7) is 7.23. The Morgan fingerprint density at radius 2 is 2.17 bits per heavy atom. The van der Waals surface area contributed by atoms with E-state index in [0.717, 1.165) is 35.8 Å². The maximum atomic E-state index is 12.2. The van der Waals surface area contributed by atoms with Crippen molar-refractivity contribution < 1.29 is 9.53 Å². The molecule has 2 heterocycles. The van der Waals surface area contributed by atoms with Gasteiger partial charge in [-0.3, -0.25) is 0 Å². The fraction of sp³-hybridized carbons (Fsp3) is 0.529. The zero-order chi connectivity index (χ0) is 16.4. The van der Waals surface area contributed by atoms with Gasteiger partial charge in [0.1, 0.15) is 5.60 Å². The van der Waals surface area contributed by atoms with E-state index in [1.54, 1.807) is 23.1 Å². The van der Waals surface area contributed by atoms with Crippen LogP contribution in [0.5, 0.6) is 0 Å². The Kier molecular flexibility index (Phi) is 4.82. The van der Waals surface area contributed by atoms with Crippen LogP contribution in [-0.4, -0.2) is 39.9 Å². The van der Waals surface area contributed by atoms with Crippen LogP contribution in [0, 0.1) is 0 Å². The van der Waals surface area contributed by atoms with Crippen LogP contribution in [0.2, 0.25) is 0 Å². The molecule has 1 saturated heterocycles. The molecular formula is C17H22N2O2S2. The summed E-state index contributed by atoms with van der Waals surface area (Å²) in [5, 5.41) is 0.386. The number of rotatable bonds is 2. The molecule has 1 aliphatic rings. The van der Waals surface area contributed by atoms with Crippen LogP contribution < -0.4 is 0 Å². The lowest BCUT2D eigenvalue weighted by Crippen LogP contribution is -2.43. The molecule has 0 aliphatic carbocycles. The number of hydrogen-bond donors (Lipinski definition) is 0. The number of ether oxygens (including phenoxy) is 1. The molecule has 0 radical (unpaired) electrons. The molecule has 4 nitrogen and oxygen atoms in total. The van der Waals surface area contributed by atoms with Gasteiger partial charge in [-0.25, -0.2) is 9.78 Å². The van der Waals surface area contributed by atoms with Crippen molar-refractivity contribution in [3.8, 4) is 0 Å². The molecule has 23 heavy (non-hydrogen) atoms. The number of carbonyl (C=O) groups excluding carboxylic acids is 1. The minimum Gasteiger partial charge on any atom is -0.444 e. The minimum atomic E-state index is -0.440. The zero-order valence-corrected chi connectivity index (χ0v) is 15.4. The fourth-order valence-corrected chi connectivity index (χ4v) is 5.11. The highest BCUT2D eigenvalue weighted by molar-refractivity contribution is 8.01.